The minimum Gasteiger partial charge on any atom is -0.378 e. The second-order valence-corrected chi connectivity index (χ2v) is 8.85. The number of anilines is 2. The van der Waals surface area contributed by atoms with Crippen LogP contribution in [0.3, 0.4) is 0 Å². The first-order valence-electron chi connectivity index (χ1n) is 7.99. The fraction of sp³-hybridized carbons (Fsp3) is 0.222. The molecule has 0 aliphatic rings. The van der Waals surface area contributed by atoms with Crippen LogP contribution in [0.15, 0.2) is 58.1 Å². The van der Waals surface area contributed by atoms with Crippen LogP contribution in [-0.2, 0) is 14.8 Å². The molecule has 0 aliphatic heterocycles. The number of hydrogen-bond acceptors (Lipinski definition) is 5. The van der Waals surface area contributed by atoms with Crippen molar-refractivity contribution in [2.75, 3.05) is 36.1 Å². The normalized spacial score (nSPS) is 11.4. The molecule has 0 heterocycles. The summed E-state index contributed by atoms with van der Waals surface area (Å²) in [6.07, 6.45) is 2.56. The number of hydrazone groups is 1. The van der Waals surface area contributed by atoms with E-state index in [1.807, 2.05) is 43.3 Å². The van der Waals surface area contributed by atoms with E-state index in [1.165, 1.54) is 6.21 Å². The molecule has 0 atom stereocenters. The quantitative estimate of drug-likeness (QED) is 0.516. The van der Waals surface area contributed by atoms with Crippen LogP contribution in [-0.4, -0.2) is 47.4 Å². The van der Waals surface area contributed by atoms with Crippen molar-refractivity contribution in [2.45, 2.75) is 0 Å². The maximum Gasteiger partial charge on any atom is 0.260 e. The van der Waals surface area contributed by atoms with Crippen molar-refractivity contribution in [3.8, 4) is 0 Å². The predicted octanol–water partition coefficient (Wildman–Crippen LogP) is 2.43. The SMILES string of the molecule is CN(C)c1ccc(/C=N\NC(=O)CN(c2ccc(Br)cc2)S(C)(=O)=O)cc1. The van der Waals surface area contributed by atoms with Gasteiger partial charge in [-0.05, 0) is 42.0 Å². The van der Waals surface area contributed by atoms with Gasteiger partial charge in [0.1, 0.15) is 6.54 Å². The van der Waals surface area contributed by atoms with Gasteiger partial charge >= 0.3 is 0 Å². The monoisotopic (exact) mass is 452 g/mol. The molecule has 0 fully saturated rings. The Morgan fingerprint density at radius 1 is 1.07 bits per heavy atom. The molecule has 0 unspecified atom stereocenters. The Bertz CT molecular complexity index is 911. The number of rotatable bonds is 7. The summed E-state index contributed by atoms with van der Waals surface area (Å²) in [7, 11) is 0.278. The molecule has 2 aromatic rings. The molecule has 7 nitrogen and oxygen atoms in total. The second-order valence-electron chi connectivity index (χ2n) is 6.03. The highest BCUT2D eigenvalue weighted by Gasteiger charge is 2.20. The van der Waals surface area contributed by atoms with Gasteiger partial charge in [0.25, 0.3) is 5.91 Å². The van der Waals surface area contributed by atoms with Gasteiger partial charge in [-0.1, -0.05) is 28.1 Å². The summed E-state index contributed by atoms with van der Waals surface area (Å²) >= 11 is 3.30. The van der Waals surface area contributed by atoms with Gasteiger partial charge in [0, 0.05) is 24.3 Å². The first kappa shape index (κ1) is 20.9. The summed E-state index contributed by atoms with van der Waals surface area (Å²) in [6, 6.07) is 14.3. The molecule has 0 aliphatic carbocycles. The van der Waals surface area contributed by atoms with Gasteiger partial charge in [0.05, 0.1) is 18.2 Å². The van der Waals surface area contributed by atoms with Crippen LogP contribution >= 0.6 is 15.9 Å². The van der Waals surface area contributed by atoms with E-state index >= 15 is 0 Å². The van der Waals surface area contributed by atoms with Gasteiger partial charge in [-0.3, -0.25) is 9.10 Å². The molecular weight excluding hydrogens is 432 g/mol. The average Bonchev–Trinajstić information content (AvgIpc) is 2.60. The number of amides is 1. The molecule has 0 aromatic heterocycles. The number of carbonyl (C=O) groups excluding carboxylic acids is 1. The van der Waals surface area contributed by atoms with E-state index in [-0.39, 0.29) is 6.54 Å². The lowest BCUT2D eigenvalue weighted by atomic mass is 10.2. The maximum atomic E-state index is 12.1. The molecule has 1 amide bonds. The van der Waals surface area contributed by atoms with Crippen molar-refractivity contribution < 1.29 is 13.2 Å². The lowest BCUT2D eigenvalue weighted by Gasteiger charge is -2.21. The summed E-state index contributed by atoms with van der Waals surface area (Å²) < 4.78 is 25.9. The van der Waals surface area contributed by atoms with E-state index in [0.717, 1.165) is 26.3 Å². The molecule has 144 valence electrons. The summed E-state index contributed by atoms with van der Waals surface area (Å²) in [5, 5.41) is 3.89. The smallest absolute Gasteiger partial charge is 0.260 e. The first-order valence-corrected chi connectivity index (χ1v) is 10.6. The van der Waals surface area contributed by atoms with Crippen LogP contribution in [0.2, 0.25) is 0 Å². The summed E-state index contributed by atoms with van der Waals surface area (Å²) in [4.78, 5) is 14.1. The molecular formula is C18H21BrN4O3S. The van der Waals surface area contributed by atoms with Gasteiger partial charge in [-0.25, -0.2) is 13.8 Å². The number of sulfonamides is 1. The van der Waals surface area contributed by atoms with Crippen LogP contribution in [0.4, 0.5) is 11.4 Å². The lowest BCUT2D eigenvalue weighted by molar-refractivity contribution is -0.119. The summed E-state index contributed by atoms with van der Waals surface area (Å²) in [5.74, 6) is -0.537. The van der Waals surface area contributed by atoms with Crippen molar-refractivity contribution in [3.63, 3.8) is 0 Å². The van der Waals surface area contributed by atoms with Crippen LogP contribution in [0, 0.1) is 0 Å². The van der Waals surface area contributed by atoms with E-state index in [1.54, 1.807) is 24.3 Å². The standard InChI is InChI=1S/C18H21BrN4O3S/c1-22(2)16-8-4-14(5-9-16)12-20-21-18(24)13-23(27(3,25)26)17-10-6-15(19)7-11-17/h4-12H,13H2,1-3H3,(H,21,24)/b20-12-. The zero-order valence-electron chi connectivity index (χ0n) is 15.3. The lowest BCUT2D eigenvalue weighted by Crippen LogP contribution is -2.39. The van der Waals surface area contributed by atoms with E-state index < -0.39 is 15.9 Å². The molecule has 0 bridgehead atoms. The number of nitrogens with zero attached hydrogens (tertiary/aromatic N) is 3. The van der Waals surface area contributed by atoms with Crippen molar-refractivity contribution in [1.82, 2.24) is 5.43 Å². The zero-order valence-corrected chi connectivity index (χ0v) is 17.7. The second kappa shape index (κ2) is 9.01. The van der Waals surface area contributed by atoms with E-state index in [0.29, 0.717) is 5.69 Å². The third-order valence-corrected chi connectivity index (χ3v) is 5.28. The highest BCUT2D eigenvalue weighted by atomic mass is 79.9. The minimum absolute atomic E-state index is 0.364. The number of carbonyl (C=O) groups is 1. The van der Waals surface area contributed by atoms with Gasteiger partial charge in [0.15, 0.2) is 0 Å². The maximum absolute atomic E-state index is 12.1. The number of hydrogen-bond donors (Lipinski definition) is 1. The number of halogens is 1. The third-order valence-electron chi connectivity index (χ3n) is 3.61. The topological polar surface area (TPSA) is 82.1 Å². The molecule has 0 radical (unpaired) electrons. The fourth-order valence-corrected chi connectivity index (χ4v) is 3.33. The first-order chi connectivity index (χ1) is 12.7. The zero-order chi connectivity index (χ0) is 20.0. The predicted molar refractivity (Wildman–Crippen MR) is 113 cm³/mol. The number of nitrogens with one attached hydrogen (secondary N) is 1. The molecule has 27 heavy (non-hydrogen) atoms. The minimum atomic E-state index is -3.62. The Morgan fingerprint density at radius 2 is 1.63 bits per heavy atom. The Morgan fingerprint density at radius 3 is 2.15 bits per heavy atom. The number of benzene rings is 2. The van der Waals surface area contributed by atoms with Crippen LogP contribution < -0.4 is 14.6 Å². The van der Waals surface area contributed by atoms with E-state index in [9.17, 15) is 13.2 Å². The van der Waals surface area contributed by atoms with Crippen LogP contribution in [0.1, 0.15) is 5.56 Å². The van der Waals surface area contributed by atoms with Crippen molar-refractivity contribution in [2.24, 2.45) is 5.10 Å². The Labute approximate surface area is 167 Å². The third kappa shape index (κ3) is 6.37. The average molecular weight is 453 g/mol. The summed E-state index contributed by atoms with van der Waals surface area (Å²) in [6.45, 7) is -0.364. The van der Waals surface area contributed by atoms with Gasteiger partial charge < -0.3 is 4.90 Å². The fourth-order valence-electron chi connectivity index (χ4n) is 2.21. The highest BCUT2D eigenvalue weighted by Crippen LogP contribution is 2.20. The van der Waals surface area contributed by atoms with Crippen molar-refractivity contribution in [3.05, 3.63) is 58.6 Å². The molecule has 0 spiro atoms. The van der Waals surface area contributed by atoms with Gasteiger partial charge in [-0.15, -0.1) is 0 Å². The molecule has 2 rings (SSSR count). The van der Waals surface area contributed by atoms with Gasteiger partial charge in [0.2, 0.25) is 10.0 Å². The molecule has 1 N–H and O–H groups in total. The van der Waals surface area contributed by atoms with Gasteiger partial charge in [-0.2, -0.15) is 5.10 Å². The Hall–Kier alpha value is -2.39. The molecule has 9 heteroatoms. The summed E-state index contributed by atoms with van der Waals surface area (Å²) in [5.41, 5.74) is 4.62. The molecule has 0 saturated heterocycles. The van der Waals surface area contributed by atoms with Crippen LogP contribution in [0.25, 0.3) is 0 Å². The molecule has 2 aromatic carbocycles. The van der Waals surface area contributed by atoms with Crippen LogP contribution in [0.5, 0.6) is 0 Å². The van der Waals surface area contributed by atoms with Crippen molar-refractivity contribution in [1.29, 1.82) is 0 Å². The Balaban J connectivity index is 2.02. The van der Waals surface area contributed by atoms with E-state index in [4.69, 9.17) is 0 Å². The Kier molecular flexibility index (Phi) is 6.98. The highest BCUT2D eigenvalue weighted by molar-refractivity contribution is 9.10. The van der Waals surface area contributed by atoms with E-state index in [2.05, 4.69) is 26.5 Å². The molecule has 0 saturated carbocycles. The van der Waals surface area contributed by atoms with Crippen molar-refractivity contribution >= 4 is 49.4 Å². The largest absolute Gasteiger partial charge is 0.378 e.